The van der Waals surface area contributed by atoms with Crippen molar-refractivity contribution < 1.29 is 0 Å². The van der Waals surface area contributed by atoms with Crippen LogP contribution in [0.1, 0.15) is 0 Å². The van der Waals surface area contributed by atoms with Crippen molar-refractivity contribution in [2.75, 3.05) is 9.80 Å². The van der Waals surface area contributed by atoms with E-state index in [9.17, 15) is 0 Å². The Morgan fingerprint density at radius 1 is 0.211 bits per heavy atom. The molecule has 0 aliphatic carbocycles. The normalized spacial score (nSPS) is 11.9. The molecule has 4 heterocycles. The van der Waals surface area contributed by atoms with Gasteiger partial charge in [0, 0.05) is 120 Å². The molecule has 0 atom stereocenters. The first-order valence-corrected chi connectivity index (χ1v) is 28.9. The maximum atomic E-state index is 2.51. The number of hydrogen-bond acceptors (Lipinski definition) is 6. The van der Waals surface area contributed by atoms with Crippen molar-refractivity contribution in [2.45, 2.75) is 0 Å². The summed E-state index contributed by atoms with van der Waals surface area (Å²) in [6.45, 7) is 0. The highest BCUT2D eigenvalue weighted by molar-refractivity contribution is 7.27. The Balaban J connectivity index is 0.909. The zero-order chi connectivity index (χ0) is 49.8. The number of anilines is 6. The van der Waals surface area contributed by atoms with Gasteiger partial charge in [0.15, 0.2) is 0 Å². The molecule has 4 aromatic heterocycles. The third-order valence-electron chi connectivity index (χ3n) is 15.2. The molecule has 6 heteroatoms. The predicted octanol–water partition coefficient (Wildman–Crippen LogP) is 22.6. The SMILES string of the molecule is c1ccc(-c2c3cc4sc5cc(N(c6ccccc6)c6ccc7c(c6)sc6ccccc67)ccc5c4c(-c4ccccc4)c3cc3c2sc2cc(N(c4ccccc4)c4ccc5c(c4)sc4ccccc45)ccc23)cc1. The highest BCUT2D eigenvalue weighted by Gasteiger charge is 2.24. The van der Waals surface area contributed by atoms with Crippen LogP contribution in [0.5, 0.6) is 0 Å². The molecule has 0 fully saturated rings. The lowest BCUT2D eigenvalue weighted by molar-refractivity contribution is 1.30. The second-order valence-corrected chi connectivity index (χ2v) is 23.8. The smallest absolute Gasteiger partial charge is 0.0476 e. The summed E-state index contributed by atoms with van der Waals surface area (Å²) < 4.78 is 10.3. The number of rotatable bonds is 8. The molecule has 0 aliphatic rings. The van der Waals surface area contributed by atoms with Gasteiger partial charge in [-0.2, -0.15) is 0 Å². The molecule has 0 unspecified atom stereocenters. The first kappa shape index (κ1) is 43.7. The number of benzene rings is 12. The van der Waals surface area contributed by atoms with Gasteiger partial charge in [0.2, 0.25) is 0 Å². The van der Waals surface area contributed by atoms with Gasteiger partial charge in [-0.05, 0) is 125 Å². The van der Waals surface area contributed by atoms with E-state index >= 15 is 0 Å². The average molecular weight is 1040 g/mol. The van der Waals surface area contributed by atoms with E-state index in [0.29, 0.717) is 0 Å². The van der Waals surface area contributed by atoms with Crippen molar-refractivity contribution in [1.82, 2.24) is 0 Å². The minimum absolute atomic E-state index is 1.13. The first-order valence-electron chi connectivity index (χ1n) is 25.6. The lowest BCUT2D eigenvalue weighted by Crippen LogP contribution is -2.09. The molecule has 0 spiro atoms. The minimum atomic E-state index is 1.13. The van der Waals surface area contributed by atoms with Gasteiger partial charge in [0.25, 0.3) is 0 Å². The topological polar surface area (TPSA) is 6.48 Å². The standard InChI is InChI=1S/C70H42N2S4/c1-5-17-43(18-6-1)67-57-41-59-55-35-31-49(71(45-21-9-3-10-22-45)47-29-33-53-51-25-13-15-27-60(51)73-62(53)37-47)39-64(55)76-70(59)68(44-19-7-2-8-20-44)58(57)42-66-69(67)56-36-32-50(40-65(56)75-66)72(46-23-11-4-12-24-46)48-30-34-54-52-26-14-16-28-61(52)74-63(54)38-48/h1-42H. The van der Waals surface area contributed by atoms with Crippen LogP contribution in [-0.2, 0) is 0 Å². The Kier molecular flexibility index (Phi) is 10.1. The van der Waals surface area contributed by atoms with Crippen LogP contribution >= 0.6 is 45.3 Å². The Bertz CT molecular complexity index is 4770. The Morgan fingerprint density at radius 2 is 0.579 bits per heavy atom. The van der Waals surface area contributed by atoms with E-state index in [4.69, 9.17) is 0 Å². The predicted molar refractivity (Wildman–Crippen MR) is 336 cm³/mol. The van der Waals surface area contributed by atoms with E-state index < -0.39 is 0 Å². The summed E-state index contributed by atoms with van der Waals surface area (Å²) >= 11 is 7.55. The minimum Gasteiger partial charge on any atom is -0.310 e. The highest BCUT2D eigenvalue weighted by Crippen LogP contribution is 2.53. The van der Waals surface area contributed by atoms with Crippen LogP contribution in [-0.4, -0.2) is 0 Å². The summed E-state index contributed by atoms with van der Waals surface area (Å²) in [5, 5.41) is 12.9. The van der Waals surface area contributed by atoms with Crippen LogP contribution in [0.2, 0.25) is 0 Å². The fourth-order valence-electron chi connectivity index (χ4n) is 11.8. The van der Waals surface area contributed by atoms with E-state index in [-0.39, 0.29) is 0 Å². The fraction of sp³-hybridized carbons (Fsp3) is 0. The first-order chi connectivity index (χ1) is 37.7. The van der Waals surface area contributed by atoms with E-state index in [0.717, 1.165) is 34.1 Å². The van der Waals surface area contributed by atoms with Gasteiger partial charge in [-0.15, -0.1) is 45.3 Å². The summed E-state index contributed by atoms with van der Waals surface area (Å²) in [5.74, 6) is 0. The molecule has 0 N–H and O–H groups in total. The van der Waals surface area contributed by atoms with Crippen LogP contribution in [0.25, 0.3) is 114 Å². The second kappa shape index (κ2) is 17.5. The molecule has 16 rings (SSSR count). The molecule has 12 aromatic carbocycles. The quantitative estimate of drug-likeness (QED) is 0.150. The van der Waals surface area contributed by atoms with Gasteiger partial charge in [0.1, 0.15) is 0 Å². The molecular formula is C70H42N2S4. The molecule has 0 bridgehead atoms. The summed E-state index contributed by atoms with van der Waals surface area (Å²) in [6, 6.07) is 94.5. The summed E-state index contributed by atoms with van der Waals surface area (Å²) in [6.07, 6.45) is 0. The Morgan fingerprint density at radius 3 is 1.09 bits per heavy atom. The molecule has 0 saturated heterocycles. The highest BCUT2D eigenvalue weighted by atomic mass is 32.1. The number of fused-ring (bicyclic) bond motifs is 13. The van der Waals surface area contributed by atoms with E-state index in [1.54, 1.807) is 0 Å². The Hall–Kier alpha value is -8.62. The second-order valence-electron chi connectivity index (χ2n) is 19.5. The van der Waals surface area contributed by atoms with Crippen LogP contribution in [0.4, 0.5) is 34.1 Å². The van der Waals surface area contributed by atoms with Crippen LogP contribution in [0.3, 0.4) is 0 Å². The van der Waals surface area contributed by atoms with Crippen molar-refractivity contribution in [2.24, 2.45) is 0 Å². The third-order valence-corrected chi connectivity index (χ3v) is 19.7. The zero-order valence-electron chi connectivity index (χ0n) is 40.8. The summed E-state index contributed by atoms with van der Waals surface area (Å²) in [5.41, 5.74) is 11.9. The monoisotopic (exact) mass is 1040 g/mol. The van der Waals surface area contributed by atoms with Crippen molar-refractivity contribution >= 4 is 171 Å². The molecular weight excluding hydrogens is 997 g/mol. The maximum Gasteiger partial charge on any atom is 0.0476 e. The van der Waals surface area contributed by atoms with Crippen LogP contribution in [0, 0.1) is 0 Å². The number of thiophene rings is 4. The Labute approximate surface area is 454 Å². The summed E-state index contributed by atoms with van der Waals surface area (Å²) in [7, 11) is 0. The van der Waals surface area contributed by atoms with Gasteiger partial charge in [-0.1, -0.05) is 158 Å². The van der Waals surface area contributed by atoms with Gasteiger partial charge < -0.3 is 9.80 Å². The van der Waals surface area contributed by atoms with E-state index in [1.807, 2.05) is 45.3 Å². The van der Waals surface area contributed by atoms with Gasteiger partial charge in [-0.25, -0.2) is 0 Å². The van der Waals surface area contributed by atoms with E-state index in [1.165, 1.54) is 114 Å². The molecule has 356 valence electrons. The molecule has 0 aliphatic heterocycles. The summed E-state index contributed by atoms with van der Waals surface area (Å²) in [4.78, 5) is 4.84. The molecule has 76 heavy (non-hydrogen) atoms. The third kappa shape index (κ3) is 6.96. The zero-order valence-corrected chi connectivity index (χ0v) is 44.0. The fourth-order valence-corrected chi connectivity index (χ4v) is 16.6. The van der Waals surface area contributed by atoms with Gasteiger partial charge >= 0.3 is 0 Å². The largest absolute Gasteiger partial charge is 0.310 e. The van der Waals surface area contributed by atoms with Gasteiger partial charge in [0.05, 0.1) is 0 Å². The van der Waals surface area contributed by atoms with Crippen molar-refractivity contribution in [3.05, 3.63) is 255 Å². The number of nitrogens with zero attached hydrogens (tertiary/aromatic N) is 2. The lowest BCUT2D eigenvalue weighted by atomic mass is 9.88. The van der Waals surface area contributed by atoms with E-state index in [2.05, 4.69) is 265 Å². The number of hydrogen-bond donors (Lipinski definition) is 0. The molecule has 0 amide bonds. The van der Waals surface area contributed by atoms with Crippen LogP contribution < -0.4 is 9.80 Å². The van der Waals surface area contributed by atoms with Crippen molar-refractivity contribution in [1.29, 1.82) is 0 Å². The maximum absolute atomic E-state index is 2.51. The van der Waals surface area contributed by atoms with Crippen molar-refractivity contribution in [3.8, 4) is 22.3 Å². The average Bonchev–Trinajstić information content (AvgIpc) is 4.34. The molecule has 2 nitrogen and oxygen atoms in total. The molecule has 0 radical (unpaired) electrons. The molecule has 0 saturated carbocycles. The molecule has 16 aromatic rings. The van der Waals surface area contributed by atoms with Crippen molar-refractivity contribution in [3.63, 3.8) is 0 Å². The van der Waals surface area contributed by atoms with Gasteiger partial charge in [-0.3, -0.25) is 0 Å². The number of para-hydroxylation sites is 2. The lowest BCUT2D eigenvalue weighted by Gasteiger charge is -2.25. The van der Waals surface area contributed by atoms with Crippen LogP contribution in [0.15, 0.2) is 255 Å².